The summed E-state index contributed by atoms with van der Waals surface area (Å²) in [4.78, 5) is 27.6. The number of rotatable bonds is 5. The standard InChI is InChI=1S/C23H25NO5/c1-28-21(25)17-6-5-9-19(14-17)23(27,18-7-3-2-4-8-18)22(26)29-20-15-24-12-10-16(20)11-13-24/h2-9,14,16,20,27H,10-13,15H2,1H3. The fourth-order valence-electron chi connectivity index (χ4n) is 4.34. The van der Waals surface area contributed by atoms with E-state index in [9.17, 15) is 14.7 Å². The van der Waals surface area contributed by atoms with E-state index < -0.39 is 17.5 Å². The first-order valence-electron chi connectivity index (χ1n) is 9.92. The van der Waals surface area contributed by atoms with Crippen molar-refractivity contribution in [1.82, 2.24) is 4.90 Å². The minimum atomic E-state index is -2.02. The fraction of sp³-hybridized carbons (Fsp3) is 0.391. The summed E-state index contributed by atoms with van der Waals surface area (Å²) in [6.45, 7) is 2.76. The van der Waals surface area contributed by atoms with E-state index in [4.69, 9.17) is 9.47 Å². The molecule has 152 valence electrons. The van der Waals surface area contributed by atoms with Crippen LogP contribution in [0.5, 0.6) is 0 Å². The van der Waals surface area contributed by atoms with Crippen LogP contribution in [0.25, 0.3) is 0 Å². The molecule has 1 N–H and O–H groups in total. The molecular formula is C23H25NO5. The average Bonchev–Trinajstić information content (AvgIpc) is 2.79. The van der Waals surface area contributed by atoms with Gasteiger partial charge in [-0.3, -0.25) is 4.90 Å². The van der Waals surface area contributed by atoms with Crippen LogP contribution < -0.4 is 0 Å². The van der Waals surface area contributed by atoms with Crippen molar-refractivity contribution >= 4 is 11.9 Å². The Hall–Kier alpha value is -2.70. The number of piperidine rings is 3. The molecule has 0 saturated carbocycles. The topological polar surface area (TPSA) is 76.1 Å². The summed E-state index contributed by atoms with van der Waals surface area (Å²) in [6, 6.07) is 15.0. The Morgan fingerprint density at radius 2 is 1.72 bits per heavy atom. The van der Waals surface area contributed by atoms with E-state index in [-0.39, 0.29) is 17.2 Å². The van der Waals surface area contributed by atoms with E-state index >= 15 is 0 Å². The highest BCUT2D eigenvalue weighted by atomic mass is 16.6. The van der Waals surface area contributed by atoms with Crippen LogP contribution in [0.1, 0.15) is 34.3 Å². The van der Waals surface area contributed by atoms with Gasteiger partial charge in [-0.15, -0.1) is 0 Å². The fourth-order valence-corrected chi connectivity index (χ4v) is 4.34. The molecule has 29 heavy (non-hydrogen) atoms. The molecule has 0 spiro atoms. The predicted molar refractivity (Wildman–Crippen MR) is 106 cm³/mol. The number of ether oxygens (including phenoxy) is 2. The number of methoxy groups -OCH3 is 1. The molecule has 6 nitrogen and oxygen atoms in total. The first-order chi connectivity index (χ1) is 14.0. The van der Waals surface area contributed by atoms with Crippen LogP contribution in [-0.2, 0) is 19.9 Å². The number of hydrogen-bond donors (Lipinski definition) is 1. The van der Waals surface area contributed by atoms with Gasteiger partial charge in [0, 0.05) is 12.1 Å². The molecule has 3 aliphatic rings. The maximum absolute atomic E-state index is 13.4. The van der Waals surface area contributed by atoms with Crippen molar-refractivity contribution in [2.45, 2.75) is 24.5 Å². The molecule has 2 unspecified atom stereocenters. The van der Waals surface area contributed by atoms with Crippen LogP contribution in [0.15, 0.2) is 54.6 Å². The Morgan fingerprint density at radius 1 is 1.03 bits per heavy atom. The minimum Gasteiger partial charge on any atom is -0.465 e. The van der Waals surface area contributed by atoms with Gasteiger partial charge in [0.05, 0.1) is 12.7 Å². The van der Waals surface area contributed by atoms with Crippen LogP contribution in [0.3, 0.4) is 0 Å². The SMILES string of the molecule is COC(=O)c1cccc(C(O)(C(=O)OC2CN3CCC2CC3)c2ccccc2)c1. The lowest BCUT2D eigenvalue weighted by Crippen LogP contribution is -2.53. The third kappa shape index (κ3) is 3.66. The maximum atomic E-state index is 13.4. The lowest BCUT2D eigenvalue weighted by Gasteiger charge is -2.44. The molecule has 3 fully saturated rings. The van der Waals surface area contributed by atoms with Crippen molar-refractivity contribution in [2.75, 3.05) is 26.7 Å². The highest BCUT2D eigenvalue weighted by Crippen LogP contribution is 2.35. The molecule has 3 heterocycles. The molecule has 2 atom stereocenters. The van der Waals surface area contributed by atoms with Gasteiger partial charge in [-0.25, -0.2) is 9.59 Å². The van der Waals surface area contributed by atoms with Gasteiger partial charge in [0.1, 0.15) is 6.10 Å². The van der Waals surface area contributed by atoms with Gasteiger partial charge in [0.2, 0.25) is 5.60 Å². The van der Waals surface area contributed by atoms with E-state index in [1.54, 1.807) is 42.5 Å². The second-order valence-corrected chi connectivity index (χ2v) is 7.73. The number of esters is 2. The molecule has 0 amide bonds. The Kier molecular flexibility index (Phi) is 5.39. The smallest absolute Gasteiger partial charge is 0.348 e. The summed E-state index contributed by atoms with van der Waals surface area (Å²) in [5.41, 5.74) is -1.08. The number of nitrogens with zero attached hydrogens (tertiary/aromatic N) is 1. The van der Waals surface area contributed by atoms with Crippen LogP contribution >= 0.6 is 0 Å². The van der Waals surface area contributed by atoms with Crippen molar-refractivity contribution < 1.29 is 24.2 Å². The van der Waals surface area contributed by atoms with Crippen molar-refractivity contribution in [1.29, 1.82) is 0 Å². The third-order valence-corrected chi connectivity index (χ3v) is 6.04. The number of aliphatic hydroxyl groups is 1. The molecule has 2 aromatic rings. The van der Waals surface area contributed by atoms with Crippen molar-refractivity contribution in [2.24, 2.45) is 5.92 Å². The third-order valence-electron chi connectivity index (χ3n) is 6.04. The van der Waals surface area contributed by atoms with Gasteiger partial charge in [0.25, 0.3) is 0 Å². The predicted octanol–water partition coefficient (Wildman–Crippen LogP) is 2.35. The molecule has 6 heteroatoms. The molecule has 3 aliphatic heterocycles. The summed E-state index contributed by atoms with van der Waals surface area (Å²) >= 11 is 0. The normalized spacial score (nSPS) is 25.1. The van der Waals surface area contributed by atoms with Crippen LogP contribution in [0.2, 0.25) is 0 Å². The molecule has 0 radical (unpaired) electrons. The molecule has 0 aliphatic carbocycles. The molecule has 2 aromatic carbocycles. The van der Waals surface area contributed by atoms with Gasteiger partial charge in [-0.2, -0.15) is 0 Å². The van der Waals surface area contributed by atoms with Crippen LogP contribution in [0, 0.1) is 5.92 Å². The lowest BCUT2D eigenvalue weighted by atomic mass is 9.84. The van der Waals surface area contributed by atoms with E-state index in [0.717, 1.165) is 25.9 Å². The Labute approximate surface area is 170 Å². The van der Waals surface area contributed by atoms with E-state index in [0.29, 0.717) is 18.0 Å². The number of carbonyl (C=O) groups excluding carboxylic acids is 2. The number of hydrogen-bond acceptors (Lipinski definition) is 6. The zero-order valence-corrected chi connectivity index (χ0v) is 16.4. The summed E-state index contributed by atoms with van der Waals surface area (Å²) in [5, 5.41) is 11.7. The van der Waals surface area contributed by atoms with E-state index in [1.165, 1.54) is 13.2 Å². The van der Waals surface area contributed by atoms with Crippen LogP contribution in [0.4, 0.5) is 0 Å². The molecule has 2 bridgehead atoms. The molecule has 0 aromatic heterocycles. The van der Waals surface area contributed by atoms with Crippen molar-refractivity contribution in [3.05, 3.63) is 71.3 Å². The molecular weight excluding hydrogens is 370 g/mol. The Bertz CT molecular complexity index is 891. The molecule has 5 rings (SSSR count). The highest BCUT2D eigenvalue weighted by Gasteiger charge is 2.45. The first kappa shape index (κ1) is 19.6. The summed E-state index contributed by atoms with van der Waals surface area (Å²) < 4.78 is 10.7. The monoisotopic (exact) mass is 395 g/mol. The lowest BCUT2D eigenvalue weighted by molar-refractivity contribution is -0.177. The average molecular weight is 395 g/mol. The zero-order valence-electron chi connectivity index (χ0n) is 16.4. The second kappa shape index (κ2) is 7.97. The van der Waals surface area contributed by atoms with Gasteiger partial charge in [-0.05, 0) is 49.5 Å². The molecule has 3 saturated heterocycles. The number of fused-ring (bicyclic) bond motifs is 3. The van der Waals surface area contributed by atoms with Crippen molar-refractivity contribution in [3.63, 3.8) is 0 Å². The van der Waals surface area contributed by atoms with Gasteiger partial charge >= 0.3 is 11.9 Å². The van der Waals surface area contributed by atoms with Gasteiger partial charge < -0.3 is 14.6 Å². The number of benzene rings is 2. The van der Waals surface area contributed by atoms with Gasteiger partial charge in [0.15, 0.2) is 0 Å². The quantitative estimate of drug-likeness (QED) is 0.784. The Balaban J connectivity index is 1.70. The maximum Gasteiger partial charge on any atom is 0.348 e. The second-order valence-electron chi connectivity index (χ2n) is 7.73. The zero-order chi connectivity index (χ0) is 20.4. The highest BCUT2D eigenvalue weighted by molar-refractivity contribution is 5.91. The van der Waals surface area contributed by atoms with Crippen molar-refractivity contribution in [3.8, 4) is 0 Å². The minimum absolute atomic E-state index is 0.232. The number of carbonyl (C=O) groups is 2. The van der Waals surface area contributed by atoms with Gasteiger partial charge in [-0.1, -0.05) is 42.5 Å². The van der Waals surface area contributed by atoms with E-state index in [1.807, 2.05) is 6.07 Å². The van der Waals surface area contributed by atoms with E-state index in [2.05, 4.69) is 4.90 Å². The summed E-state index contributed by atoms with van der Waals surface area (Å²) in [5.74, 6) is -0.928. The summed E-state index contributed by atoms with van der Waals surface area (Å²) in [6.07, 6.45) is 1.77. The first-order valence-corrected chi connectivity index (χ1v) is 9.92. The largest absolute Gasteiger partial charge is 0.465 e. The summed E-state index contributed by atoms with van der Waals surface area (Å²) in [7, 11) is 1.29. The Morgan fingerprint density at radius 3 is 2.34 bits per heavy atom. The van der Waals surface area contributed by atoms with Crippen LogP contribution in [-0.4, -0.2) is 54.8 Å².